The van der Waals surface area contributed by atoms with Crippen molar-refractivity contribution in [3.05, 3.63) is 50.4 Å². The zero-order valence-corrected chi connectivity index (χ0v) is 11.4. The van der Waals surface area contributed by atoms with Crippen LogP contribution in [0.5, 0.6) is 0 Å². The molecule has 2 N–H and O–H groups in total. The molecular weight excluding hydrogens is 275 g/mol. The Kier molecular flexibility index (Phi) is 4.40. The molecule has 2 rings (SSSR count). The van der Waals surface area contributed by atoms with Gasteiger partial charge >= 0.3 is 0 Å². The first-order valence-corrected chi connectivity index (χ1v) is 6.85. The van der Waals surface area contributed by atoms with Gasteiger partial charge in [-0.1, -0.05) is 29.3 Å². The molecule has 1 unspecified atom stereocenters. The summed E-state index contributed by atoms with van der Waals surface area (Å²) in [4.78, 5) is 5.23. The largest absolute Gasteiger partial charge is 0.327 e. The predicted molar refractivity (Wildman–Crippen MR) is 74.0 cm³/mol. The quantitative estimate of drug-likeness (QED) is 0.933. The van der Waals surface area contributed by atoms with Gasteiger partial charge in [-0.3, -0.25) is 4.98 Å². The first kappa shape index (κ1) is 12.8. The minimum Gasteiger partial charge on any atom is -0.327 e. The molecule has 0 amide bonds. The summed E-state index contributed by atoms with van der Waals surface area (Å²) in [6, 6.07) is 5.56. The zero-order valence-electron chi connectivity index (χ0n) is 9.07. The van der Waals surface area contributed by atoms with Crippen molar-refractivity contribution < 1.29 is 0 Å². The van der Waals surface area contributed by atoms with Crippen LogP contribution in [0.25, 0.3) is 0 Å². The normalized spacial score (nSPS) is 12.6. The van der Waals surface area contributed by atoms with Gasteiger partial charge in [-0.15, -0.1) is 11.3 Å². The lowest BCUT2D eigenvalue weighted by molar-refractivity contribution is 0.670. The molecule has 2 nitrogen and oxygen atoms in total. The summed E-state index contributed by atoms with van der Waals surface area (Å²) in [7, 11) is 0. The molecule has 0 aliphatic carbocycles. The minimum atomic E-state index is 0.0501. The molecule has 1 heterocycles. The number of benzene rings is 1. The molecule has 5 heteroatoms. The van der Waals surface area contributed by atoms with Gasteiger partial charge in [-0.2, -0.15) is 0 Å². The number of nitrogens with zero attached hydrogens (tertiary/aromatic N) is 1. The number of nitrogens with two attached hydrogens (primary N) is 1. The average molecular weight is 287 g/mol. The van der Waals surface area contributed by atoms with Crippen LogP contribution in [0.15, 0.2) is 29.9 Å². The van der Waals surface area contributed by atoms with Crippen molar-refractivity contribution in [1.82, 2.24) is 4.98 Å². The summed E-state index contributed by atoms with van der Waals surface area (Å²) in [6.07, 6.45) is 3.42. The van der Waals surface area contributed by atoms with Crippen molar-refractivity contribution in [2.75, 3.05) is 0 Å². The molecule has 0 fully saturated rings. The van der Waals surface area contributed by atoms with Crippen molar-refractivity contribution in [2.45, 2.75) is 18.9 Å². The number of aromatic nitrogens is 1. The fourth-order valence-electron chi connectivity index (χ4n) is 1.64. The maximum absolute atomic E-state index is 6.11. The van der Waals surface area contributed by atoms with Crippen molar-refractivity contribution in [2.24, 2.45) is 5.73 Å². The Morgan fingerprint density at radius 2 is 2.12 bits per heavy atom. The minimum absolute atomic E-state index is 0.0501. The van der Waals surface area contributed by atoms with Crippen LogP contribution >= 0.6 is 34.5 Å². The summed E-state index contributed by atoms with van der Waals surface area (Å²) in [6.45, 7) is 0. The summed E-state index contributed by atoms with van der Waals surface area (Å²) in [5, 5.41) is 1.33. The van der Waals surface area contributed by atoms with Gasteiger partial charge in [0.1, 0.15) is 0 Å². The van der Waals surface area contributed by atoms with Crippen LogP contribution in [0.1, 0.15) is 10.4 Å². The molecule has 0 aliphatic heterocycles. The third-order valence-corrected chi connectivity index (χ3v) is 3.83. The molecule has 0 aliphatic rings. The van der Waals surface area contributed by atoms with Gasteiger partial charge in [0.25, 0.3) is 0 Å². The van der Waals surface area contributed by atoms with Gasteiger partial charge < -0.3 is 5.73 Å². The molecule has 0 radical (unpaired) electrons. The van der Waals surface area contributed by atoms with Crippen LogP contribution in [0.4, 0.5) is 0 Å². The van der Waals surface area contributed by atoms with Crippen molar-refractivity contribution in [3.8, 4) is 0 Å². The molecule has 1 atom stereocenters. The first-order chi connectivity index (χ1) is 8.15. The molecule has 1 aromatic carbocycles. The molecule has 0 saturated carbocycles. The van der Waals surface area contributed by atoms with E-state index in [1.165, 1.54) is 4.88 Å². The van der Waals surface area contributed by atoms with Gasteiger partial charge in [0.2, 0.25) is 0 Å². The molecule has 0 spiro atoms. The maximum atomic E-state index is 6.11. The fourth-order valence-corrected chi connectivity index (χ4v) is 2.82. The van der Waals surface area contributed by atoms with E-state index in [1.54, 1.807) is 17.4 Å². The molecule has 90 valence electrons. The third-order valence-electron chi connectivity index (χ3n) is 2.44. The lowest BCUT2D eigenvalue weighted by atomic mass is 10.0. The van der Waals surface area contributed by atoms with E-state index in [4.69, 9.17) is 28.9 Å². The van der Waals surface area contributed by atoms with Crippen LogP contribution in [0.2, 0.25) is 10.0 Å². The standard InChI is InChI=1S/C12H12Cl2N2S/c13-9-2-1-8(12(14)4-9)3-10(15)5-11-6-16-7-17-11/h1-2,4,6-7,10H,3,5,15H2. The van der Waals surface area contributed by atoms with E-state index in [9.17, 15) is 0 Å². The van der Waals surface area contributed by atoms with Gasteiger partial charge in [-0.05, 0) is 30.5 Å². The molecular formula is C12H12Cl2N2S. The fraction of sp³-hybridized carbons (Fsp3) is 0.250. The number of halogens is 2. The smallest absolute Gasteiger partial charge is 0.0794 e. The number of rotatable bonds is 4. The first-order valence-electron chi connectivity index (χ1n) is 5.22. The highest BCUT2D eigenvalue weighted by atomic mass is 35.5. The van der Waals surface area contributed by atoms with Crippen LogP contribution in [-0.4, -0.2) is 11.0 Å². The highest BCUT2D eigenvalue weighted by Gasteiger charge is 2.09. The van der Waals surface area contributed by atoms with E-state index in [-0.39, 0.29) is 6.04 Å². The summed E-state index contributed by atoms with van der Waals surface area (Å²) >= 11 is 13.6. The Hall–Kier alpha value is -0.610. The van der Waals surface area contributed by atoms with E-state index >= 15 is 0 Å². The van der Waals surface area contributed by atoms with Crippen LogP contribution in [-0.2, 0) is 12.8 Å². The van der Waals surface area contributed by atoms with Crippen molar-refractivity contribution in [3.63, 3.8) is 0 Å². The molecule has 1 aromatic heterocycles. The van der Waals surface area contributed by atoms with Gasteiger partial charge in [0.15, 0.2) is 0 Å². The summed E-state index contributed by atoms with van der Waals surface area (Å²) in [5.74, 6) is 0. The van der Waals surface area contributed by atoms with Gasteiger partial charge in [0, 0.05) is 27.2 Å². The monoisotopic (exact) mass is 286 g/mol. The van der Waals surface area contributed by atoms with E-state index < -0.39 is 0 Å². The van der Waals surface area contributed by atoms with Gasteiger partial charge in [-0.25, -0.2) is 0 Å². The third kappa shape index (κ3) is 3.68. The topological polar surface area (TPSA) is 38.9 Å². The number of thiazole rings is 1. The SMILES string of the molecule is NC(Cc1cncs1)Cc1ccc(Cl)cc1Cl. The van der Waals surface area contributed by atoms with E-state index in [0.29, 0.717) is 10.0 Å². The van der Waals surface area contributed by atoms with Crippen molar-refractivity contribution >= 4 is 34.5 Å². The second-order valence-electron chi connectivity index (χ2n) is 3.87. The summed E-state index contributed by atoms with van der Waals surface area (Å²) in [5.41, 5.74) is 8.94. The maximum Gasteiger partial charge on any atom is 0.0794 e. The zero-order chi connectivity index (χ0) is 12.3. The van der Waals surface area contributed by atoms with Crippen LogP contribution in [0.3, 0.4) is 0 Å². The Morgan fingerprint density at radius 1 is 1.29 bits per heavy atom. The predicted octanol–water partition coefficient (Wildman–Crippen LogP) is 3.56. The Balaban J connectivity index is 2.00. The van der Waals surface area contributed by atoms with Crippen LogP contribution < -0.4 is 5.73 Å². The second kappa shape index (κ2) is 5.83. The van der Waals surface area contributed by atoms with E-state index in [2.05, 4.69) is 4.98 Å². The van der Waals surface area contributed by atoms with Crippen molar-refractivity contribution in [1.29, 1.82) is 0 Å². The number of hydrogen-bond donors (Lipinski definition) is 1. The highest BCUT2D eigenvalue weighted by Crippen LogP contribution is 2.22. The van der Waals surface area contributed by atoms with Gasteiger partial charge in [0.05, 0.1) is 5.51 Å². The lowest BCUT2D eigenvalue weighted by Crippen LogP contribution is -2.25. The van der Waals surface area contributed by atoms with E-state index in [1.807, 2.05) is 23.8 Å². The highest BCUT2D eigenvalue weighted by molar-refractivity contribution is 7.09. The molecule has 0 bridgehead atoms. The lowest BCUT2D eigenvalue weighted by Gasteiger charge is -2.11. The molecule has 0 saturated heterocycles. The van der Waals surface area contributed by atoms with E-state index in [0.717, 1.165) is 18.4 Å². The summed E-state index contributed by atoms with van der Waals surface area (Å²) < 4.78 is 0. The Bertz CT molecular complexity index is 485. The molecule has 2 aromatic rings. The second-order valence-corrected chi connectivity index (χ2v) is 5.69. The Labute approximate surface area is 114 Å². The van der Waals surface area contributed by atoms with Crippen LogP contribution in [0, 0.1) is 0 Å². The average Bonchev–Trinajstić information content (AvgIpc) is 2.75. The Morgan fingerprint density at radius 3 is 2.76 bits per heavy atom. The number of hydrogen-bond acceptors (Lipinski definition) is 3. The molecule has 17 heavy (non-hydrogen) atoms.